The van der Waals surface area contributed by atoms with Crippen LogP contribution in [-0.2, 0) is 4.74 Å². The molecular weight excluding hydrogens is 266 g/mol. The minimum atomic E-state index is -0.119. The van der Waals surface area contributed by atoms with Crippen molar-refractivity contribution in [3.05, 3.63) is 35.4 Å². The molecule has 2 aliphatic rings. The first-order chi connectivity index (χ1) is 10.3. The van der Waals surface area contributed by atoms with Crippen molar-refractivity contribution in [2.24, 2.45) is 0 Å². The highest BCUT2D eigenvalue weighted by Crippen LogP contribution is 2.22. The standard InChI is InChI=1S/C16H19N3O2/c17-8-12-3-5-13(6-4-12)16(20)18-9-15-10-19-7-1-2-14(19)11-21-15/h3-6,14-15H,1-2,7,9-11H2,(H,18,20). The first-order valence-electron chi connectivity index (χ1n) is 7.40. The van der Waals surface area contributed by atoms with Gasteiger partial charge in [0, 0.05) is 24.7 Å². The van der Waals surface area contributed by atoms with Crippen molar-refractivity contribution in [3.63, 3.8) is 0 Å². The van der Waals surface area contributed by atoms with E-state index in [1.54, 1.807) is 24.3 Å². The van der Waals surface area contributed by atoms with Gasteiger partial charge in [0.25, 0.3) is 5.91 Å². The molecule has 0 radical (unpaired) electrons. The smallest absolute Gasteiger partial charge is 0.251 e. The Morgan fingerprint density at radius 2 is 2.24 bits per heavy atom. The van der Waals surface area contributed by atoms with Crippen molar-refractivity contribution in [2.45, 2.75) is 25.0 Å². The van der Waals surface area contributed by atoms with E-state index in [4.69, 9.17) is 10.00 Å². The fourth-order valence-electron chi connectivity index (χ4n) is 3.01. The summed E-state index contributed by atoms with van der Waals surface area (Å²) in [7, 11) is 0. The Labute approximate surface area is 124 Å². The van der Waals surface area contributed by atoms with Gasteiger partial charge < -0.3 is 10.1 Å². The van der Waals surface area contributed by atoms with Gasteiger partial charge in [-0.05, 0) is 43.7 Å². The molecule has 21 heavy (non-hydrogen) atoms. The normalized spacial score (nSPS) is 25.1. The number of hydrogen-bond acceptors (Lipinski definition) is 4. The van der Waals surface area contributed by atoms with E-state index in [2.05, 4.69) is 10.2 Å². The van der Waals surface area contributed by atoms with Gasteiger partial charge in [0.2, 0.25) is 0 Å². The van der Waals surface area contributed by atoms with E-state index < -0.39 is 0 Å². The van der Waals surface area contributed by atoms with Crippen molar-refractivity contribution in [1.29, 1.82) is 5.26 Å². The largest absolute Gasteiger partial charge is 0.373 e. The molecule has 5 nitrogen and oxygen atoms in total. The summed E-state index contributed by atoms with van der Waals surface area (Å²) in [6.07, 6.45) is 2.55. The zero-order valence-corrected chi connectivity index (χ0v) is 11.9. The third kappa shape index (κ3) is 3.23. The Morgan fingerprint density at radius 3 is 3.00 bits per heavy atom. The number of benzene rings is 1. The molecule has 1 amide bonds. The van der Waals surface area contributed by atoms with Gasteiger partial charge in [0.1, 0.15) is 0 Å². The summed E-state index contributed by atoms with van der Waals surface area (Å²) in [5, 5.41) is 11.7. The SMILES string of the molecule is N#Cc1ccc(C(=O)NCC2CN3CCCC3CO2)cc1. The van der Waals surface area contributed by atoms with Crippen LogP contribution < -0.4 is 5.32 Å². The molecule has 1 aromatic carbocycles. The molecule has 2 aliphatic heterocycles. The topological polar surface area (TPSA) is 65.4 Å². The quantitative estimate of drug-likeness (QED) is 0.905. The summed E-state index contributed by atoms with van der Waals surface area (Å²) < 4.78 is 5.82. The van der Waals surface area contributed by atoms with Crippen LogP contribution in [0.1, 0.15) is 28.8 Å². The van der Waals surface area contributed by atoms with Crippen LogP contribution in [-0.4, -0.2) is 49.2 Å². The molecule has 0 aliphatic carbocycles. The van der Waals surface area contributed by atoms with Crippen LogP contribution in [0, 0.1) is 11.3 Å². The number of nitrogens with one attached hydrogen (secondary N) is 1. The molecule has 0 spiro atoms. The molecule has 3 rings (SSSR count). The highest BCUT2D eigenvalue weighted by Gasteiger charge is 2.32. The molecule has 0 saturated carbocycles. The number of carbonyl (C=O) groups is 1. The van der Waals surface area contributed by atoms with E-state index >= 15 is 0 Å². The van der Waals surface area contributed by atoms with Gasteiger partial charge in [0.05, 0.1) is 24.3 Å². The summed E-state index contributed by atoms with van der Waals surface area (Å²) in [5.41, 5.74) is 1.13. The summed E-state index contributed by atoms with van der Waals surface area (Å²) in [5.74, 6) is -0.119. The zero-order valence-electron chi connectivity index (χ0n) is 11.9. The summed E-state index contributed by atoms with van der Waals surface area (Å²) in [6, 6.07) is 9.27. The summed E-state index contributed by atoms with van der Waals surface area (Å²) >= 11 is 0. The van der Waals surface area contributed by atoms with Crippen LogP contribution in [0.2, 0.25) is 0 Å². The van der Waals surface area contributed by atoms with Crippen molar-refractivity contribution in [3.8, 4) is 6.07 Å². The van der Waals surface area contributed by atoms with Crippen molar-refractivity contribution < 1.29 is 9.53 Å². The maximum Gasteiger partial charge on any atom is 0.251 e. The molecule has 2 atom stereocenters. The second-order valence-electron chi connectivity index (χ2n) is 5.65. The van der Waals surface area contributed by atoms with Gasteiger partial charge in [-0.3, -0.25) is 9.69 Å². The van der Waals surface area contributed by atoms with Crippen LogP contribution in [0.3, 0.4) is 0 Å². The maximum atomic E-state index is 12.1. The number of fused-ring (bicyclic) bond motifs is 1. The van der Waals surface area contributed by atoms with Gasteiger partial charge in [-0.25, -0.2) is 0 Å². The number of rotatable bonds is 3. The summed E-state index contributed by atoms with van der Waals surface area (Å²) in [4.78, 5) is 14.5. The molecule has 2 unspecified atom stereocenters. The highest BCUT2D eigenvalue weighted by atomic mass is 16.5. The molecule has 2 heterocycles. The summed E-state index contributed by atoms with van der Waals surface area (Å²) in [6.45, 7) is 3.35. The van der Waals surface area contributed by atoms with E-state index in [9.17, 15) is 4.79 Å². The first kappa shape index (κ1) is 14.1. The lowest BCUT2D eigenvalue weighted by atomic mass is 10.1. The number of ether oxygens (including phenoxy) is 1. The van der Waals surface area contributed by atoms with Crippen molar-refractivity contribution >= 4 is 5.91 Å². The number of morpholine rings is 1. The lowest BCUT2D eigenvalue weighted by Gasteiger charge is -2.35. The fourth-order valence-corrected chi connectivity index (χ4v) is 3.01. The highest BCUT2D eigenvalue weighted by molar-refractivity contribution is 5.94. The Balaban J connectivity index is 1.50. The molecule has 2 fully saturated rings. The van der Waals surface area contributed by atoms with E-state index in [-0.39, 0.29) is 12.0 Å². The number of nitrogens with zero attached hydrogens (tertiary/aromatic N) is 2. The maximum absolute atomic E-state index is 12.1. The number of nitriles is 1. The molecule has 0 aromatic heterocycles. The monoisotopic (exact) mass is 285 g/mol. The van der Waals surface area contributed by atoms with Crippen LogP contribution in [0.4, 0.5) is 0 Å². The Morgan fingerprint density at radius 1 is 1.43 bits per heavy atom. The molecule has 0 bridgehead atoms. The predicted molar refractivity (Wildman–Crippen MR) is 77.8 cm³/mol. The van der Waals surface area contributed by atoms with Crippen LogP contribution in [0.25, 0.3) is 0 Å². The van der Waals surface area contributed by atoms with Gasteiger partial charge in [-0.2, -0.15) is 5.26 Å². The third-order valence-electron chi connectivity index (χ3n) is 4.23. The molecular formula is C16H19N3O2. The lowest BCUT2D eigenvalue weighted by molar-refractivity contribution is -0.0461. The van der Waals surface area contributed by atoms with Gasteiger partial charge in [-0.1, -0.05) is 0 Å². The van der Waals surface area contributed by atoms with Crippen LogP contribution in [0.15, 0.2) is 24.3 Å². The fraction of sp³-hybridized carbons (Fsp3) is 0.500. The van der Waals surface area contributed by atoms with Crippen molar-refractivity contribution in [2.75, 3.05) is 26.2 Å². The minimum absolute atomic E-state index is 0.0710. The molecule has 1 N–H and O–H groups in total. The van der Waals surface area contributed by atoms with E-state index in [1.165, 1.54) is 12.8 Å². The van der Waals surface area contributed by atoms with Crippen molar-refractivity contribution in [1.82, 2.24) is 10.2 Å². The predicted octanol–water partition coefficient (Wildman–Crippen LogP) is 1.15. The Kier molecular flexibility index (Phi) is 4.18. The number of amides is 1. The van der Waals surface area contributed by atoms with E-state index in [0.717, 1.165) is 19.7 Å². The number of carbonyl (C=O) groups excluding carboxylic acids is 1. The Bertz CT molecular complexity index is 550. The van der Waals surface area contributed by atoms with Gasteiger partial charge in [0.15, 0.2) is 0 Å². The lowest BCUT2D eigenvalue weighted by Crippen LogP contribution is -2.50. The Hall–Kier alpha value is -1.90. The first-order valence-corrected chi connectivity index (χ1v) is 7.40. The van der Waals surface area contributed by atoms with Crippen LogP contribution in [0.5, 0.6) is 0 Å². The molecule has 1 aromatic rings. The molecule has 110 valence electrons. The zero-order chi connectivity index (χ0) is 14.7. The average molecular weight is 285 g/mol. The van der Waals surface area contributed by atoms with E-state index in [1.807, 2.05) is 6.07 Å². The second-order valence-corrected chi connectivity index (χ2v) is 5.65. The second kappa shape index (κ2) is 6.25. The minimum Gasteiger partial charge on any atom is -0.373 e. The molecule has 2 saturated heterocycles. The van der Waals surface area contributed by atoms with Crippen LogP contribution >= 0.6 is 0 Å². The van der Waals surface area contributed by atoms with Gasteiger partial charge in [-0.15, -0.1) is 0 Å². The number of hydrogen-bond donors (Lipinski definition) is 1. The van der Waals surface area contributed by atoms with Gasteiger partial charge >= 0.3 is 0 Å². The average Bonchev–Trinajstić information content (AvgIpc) is 3.00. The van der Waals surface area contributed by atoms with E-state index in [0.29, 0.717) is 23.7 Å². The third-order valence-corrected chi connectivity index (χ3v) is 4.23. The molecule has 5 heteroatoms.